The number of rotatable bonds is 18. The van der Waals surface area contributed by atoms with Gasteiger partial charge in [0.2, 0.25) is 0 Å². The molecule has 2 heteroatoms. The summed E-state index contributed by atoms with van der Waals surface area (Å²) in [5.41, 5.74) is 8.69. The molecule has 0 spiro atoms. The number of carbonyl (C=O) groups is 1. The van der Waals surface area contributed by atoms with E-state index in [9.17, 15) is 4.79 Å². The maximum Gasteiger partial charge on any atom is 0.302 e. The molecule has 0 aliphatic heterocycles. The smallest absolute Gasteiger partial charge is 0.302 e. The van der Waals surface area contributed by atoms with Crippen LogP contribution in [0.2, 0.25) is 0 Å². The molecule has 2 unspecified atom stereocenters. The van der Waals surface area contributed by atoms with Gasteiger partial charge in [-0.3, -0.25) is 4.79 Å². The first-order valence-corrected chi connectivity index (χ1v) is 14.5. The van der Waals surface area contributed by atoms with Crippen molar-refractivity contribution in [1.82, 2.24) is 0 Å². The summed E-state index contributed by atoms with van der Waals surface area (Å²) in [6.45, 7) is 22.1. The molecule has 0 amide bonds. The van der Waals surface area contributed by atoms with Crippen LogP contribution >= 0.6 is 0 Å². The largest absolute Gasteiger partial charge is 0.462 e. The normalized spacial score (nSPS) is 15.5. The fraction of sp³-hybridized carbons (Fsp3) is 0.629. The van der Waals surface area contributed by atoms with E-state index in [4.69, 9.17) is 4.74 Å². The fourth-order valence-corrected chi connectivity index (χ4v) is 4.40. The van der Waals surface area contributed by atoms with Gasteiger partial charge in [-0.25, -0.2) is 0 Å². The minimum absolute atomic E-state index is 0.224. The molecular weight excluding hydrogens is 452 g/mol. The average molecular weight is 511 g/mol. The SMILES string of the molecule is CCC(/C=C(\C)CC/C=C(\C)CCC=C(C)C)C(C)/C(C)=C/CC/C(C)=C/CC/C(C)=C/COC(C)=O. The van der Waals surface area contributed by atoms with Gasteiger partial charge >= 0.3 is 5.97 Å². The lowest BCUT2D eigenvalue weighted by atomic mass is 9.84. The van der Waals surface area contributed by atoms with Gasteiger partial charge in [-0.05, 0) is 124 Å². The molecule has 0 rings (SSSR count). The number of allylic oxidation sites excluding steroid dienone is 11. The molecule has 2 atom stereocenters. The van der Waals surface area contributed by atoms with Crippen molar-refractivity contribution in [2.45, 2.75) is 127 Å². The molecular formula is C35H58O2. The van der Waals surface area contributed by atoms with Gasteiger partial charge in [0.15, 0.2) is 0 Å². The minimum atomic E-state index is -0.224. The van der Waals surface area contributed by atoms with Gasteiger partial charge < -0.3 is 4.74 Å². The summed E-state index contributed by atoms with van der Waals surface area (Å²) < 4.78 is 4.98. The second-order valence-electron chi connectivity index (χ2n) is 11.2. The first kappa shape index (κ1) is 34.9. The summed E-state index contributed by atoms with van der Waals surface area (Å²) in [5.74, 6) is 0.964. The Kier molecular flexibility index (Phi) is 19.7. The molecule has 0 aromatic carbocycles. The van der Waals surface area contributed by atoms with Crippen molar-refractivity contribution >= 4 is 5.97 Å². The number of esters is 1. The van der Waals surface area contributed by atoms with Gasteiger partial charge in [0.05, 0.1) is 0 Å². The highest BCUT2D eigenvalue weighted by atomic mass is 16.5. The van der Waals surface area contributed by atoms with Crippen LogP contribution in [-0.4, -0.2) is 12.6 Å². The third kappa shape index (κ3) is 19.7. The van der Waals surface area contributed by atoms with E-state index in [1.165, 1.54) is 53.2 Å². The molecule has 0 saturated heterocycles. The van der Waals surface area contributed by atoms with Crippen molar-refractivity contribution in [2.75, 3.05) is 6.61 Å². The van der Waals surface area contributed by atoms with Gasteiger partial charge in [-0.2, -0.15) is 0 Å². The standard InChI is InChI=1S/C35H58O2/c1-11-35(26-31(7)22-14-19-28(4)17-12-16-27(2)3)33(9)32(8)23-15-21-29(5)18-13-20-30(6)24-25-37-34(10)36/h16,18-19,23-24,26,33,35H,11-15,17,20-22,25H2,1-10H3/b28-19+,29-18+,30-24+,31-26+,32-23+. The van der Waals surface area contributed by atoms with E-state index in [0.717, 1.165) is 44.9 Å². The quantitative estimate of drug-likeness (QED) is 0.135. The number of hydrogen-bond donors (Lipinski definition) is 0. The monoisotopic (exact) mass is 510 g/mol. The lowest BCUT2D eigenvalue weighted by molar-refractivity contribution is -0.139. The van der Waals surface area contributed by atoms with Gasteiger partial charge in [0, 0.05) is 6.92 Å². The second kappa shape index (κ2) is 20.9. The summed E-state index contributed by atoms with van der Waals surface area (Å²) in [7, 11) is 0. The van der Waals surface area contributed by atoms with E-state index in [2.05, 4.69) is 92.7 Å². The van der Waals surface area contributed by atoms with Crippen LogP contribution in [0.15, 0.2) is 69.9 Å². The zero-order valence-electron chi connectivity index (χ0n) is 26.0. The molecule has 0 aromatic rings. The van der Waals surface area contributed by atoms with Crippen LogP contribution in [0, 0.1) is 11.8 Å². The molecule has 210 valence electrons. The Bertz CT molecular complexity index is 840. The second-order valence-corrected chi connectivity index (χ2v) is 11.2. The molecule has 0 radical (unpaired) electrons. The molecule has 2 nitrogen and oxygen atoms in total. The van der Waals surface area contributed by atoms with Gasteiger partial charge in [-0.1, -0.05) is 77.7 Å². The lowest BCUT2D eigenvalue weighted by Crippen LogP contribution is -2.10. The Morgan fingerprint density at radius 3 is 1.59 bits per heavy atom. The lowest BCUT2D eigenvalue weighted by Gasteiger charge is -2.22. The maximum absolute atomic E-state index is 10.8. The third-order valence-electron chi connectivity index (χ3n) is 7.21. The van der Waals surface area contributed by atoms with Crippen LogP contribution in [0.1, 0.15) is 127 Å². The predicted octanol–water partition coefficient (Wildman–Crippen LogP) is 11.0. The molecule has 0 fully saturated rings. The van der Waals surface area contributed by atoms with Crippen LogP contribution in [-0.2, 0) is 9.53 Å². The van der Waals surface area contributed by atoms with E-state index in [1.807, 2.05) is 6.08 Å². The minimum Gasteiger partial charge on any atom is -0.462 e. The van der Waals surface area contributed by atoms with Crippen molar-refractivity contribution in [3.8, 4) is 0 Å². The molecule has 0 aromatic heterocycles. The zero-order chi connectivity index (χ0) is 28.2. The van der Waals surface area contributed by atoms with Crippen molar-refractivity contribution in [1.29, 1.82) is 0 Å². The number of hydrogen-bond acceptors (Lipinski definition) is 2. The average Bonchev–Trinajstić information content (AvgIpc) is 2.81. The maximum atomic E-state index is 10.8. The van der Waals surface area contributed by atoms with Crippen LogP contribution in [0.5, 0.6) is 0 Å². The molecule has 0 saturated carbocycles. The van der Waals surface area contributed by atoms with Gasteiger partial charge in [0.1, 0.15) is 6.61 Å². The first-order chi connectivity index (χ1) is 17.5. The summed E-state index contributed by atoms with van der Waals surface area (Å²) in [6, 6.07) is 0. The third-order valence-corrected chi connectivity index (χ3v) is 7.21. The molecule has 0 aliphatic rings. The van der Waals surface area contributed by atoms with Crippen molar-refractivity contribution < 1.29 is 9.53 Å². The Balaban J connectivity index is 4.63. The van der Waals surface area contributed by atoms with Gasteiger partial charge in [0.25, 0.3) is 0 Å². The van der Waals surface area contributed by atoms with Crippen molar-refractivity contribution in [3.63, 3.8) is 0 Å². The molecule has 37 heavy (non-hydrogen) atoms. The summed E-state index contributed by atoms with van der Waals surface area (Å²) in [6.07, 6.45) is 24.2. The zero-order valence-corrected chi connectivity index (χ0v) is 26.0. The van der Waals surface area contributed by atoms with Crippen LogP contribution < -0.4 is 0 Å². The van der Waals surface area contributed by atoms with Crippen molar-refractivity contribution in [2.24, 2.45) is 11.8 Å². The molecule has 0 heterocycles. The van der Waals surface area contributed by atoms with Crippen LogP contribution in [0.25, 0.3) is 0 Å². The van der Waals surface area contributed by atoms with Crippen molar-refractivity contribution in [3.05, 3.63) is 69.9 Å². The summed E-state index contributed by atoms with van der Waals surface area (Å²) in [5, 5.41) is 0. The highest BCUT2D eigenvalue weighted by molar-refractivity contribution is 5.66. The topological polar surface area (TPSA) is 26.3 Å². The Hall–Kier alpha value is -2.09. The highest BCUT2D eigenvalue weighted by Gasteiger charge is 2.14. The number of carbonyl (C=O) groups excluding carboxylic acids is 1. The Morgan fingerprint density at radius 1 is 0.649 bits per heavy atom. The highest BCUT2D eigenvalue weighted by Crippen LogP contribution is 2.27. The Labute approximate surface area is 230 Å². The Morgan fingerprint density at radius 2 is 1.11 bits per heavy atom. The van der Waals surface area contributed by atoms with E-state index >= 15 is 0 Å². The summed E-state index contributed by atoms with van der Waals surface area (Å²) in [4.78, 5) is 10.8. The summed E-state index contributed by atoms with van der Waals surface area (Å²) >= 11 is 0. The van der Waals surface area contributed by atoms with Crippen LogP contribution in [0.3, 0.4) is 0 Å². The van der Waals surface area contributed by atoms with E-state index in [1.54, 1.807) is 0 Å². The first-order valence-electron chi connectivity index (χ1n) is 14.5. The van der Waals surface area contributed by atoms with E-state index in [-0.39, 0.29) is 5.97 Å². The van der Waals surface area contributed by atoms with E-state index in [0.29, 0.717) is 18.4 Å². The predicted molar refractivity (Wildman–Crippen MR) is 165 cm³/mol. The molecule has 0 bridgehead atoms. The molecule has 0 N–H and O–H groups in total. The number of ether oxygens (including phenoxy) is 1. The van der Waals surface area contributed by atoms with E-state index < -0.39 is 0 Å². The van der Waals surface area contributed by atoms with Gasteiger partial charge in [-0.15, -0.1) is 0 Å². The van der Waals surface area contributed by atoms with Crippen LogP contribution in [0.4, 0.5) is 0 Å². The fourth-order valence-electron chi connectivity index (χ4n) is 4.40. The molecule has 0 aliphatic carbocycles.